The van der Waals surface area contributed by atoms with Gasteiger partial charge in [-0.1, -0.05) is 50.6 Å². The van der Waals surface area contributed by atoms with E-state index < -0.39 is 23.7 Å². The Morgan fingerprint density at radius 1 is 1.09 bits per heavy atom. The topological polar surface area (TPSA) is 94.8 Å². The van der Waals surface area contributed by atoms with E-state index in [1.807, 2.05) is 51.1 Å². The molecular weight excluding hydrogens is 410 g/mol. The highest BCUT2D eigenvalue weighted by Crippen LogP contribution is 2.30. The van der Waals surface area contributed by atoms with Gasteiger partial charge in [0.1, 0.15) is 24.0 Å². The molecule has 0 unspecified atom stereocenters. The van der Waals surface area contributed by atoms with E-state index in [4.69, 9.17) is 13.9 Å². The van der Waals surface area contributed by atoms with Gasteiger partial charge in [0.25, 0.3) is 0 Å². The van der Waals surface area contributed by atoms with Crippen LogP contribution in [0.25, 0.3) is 11.0 Å². The molecule has 0 saturated heterocycles. The largest absolute Gasteiger partial charge is 0.445 e. The maximum atomic E-state index is 13.1. The number of aryl methyl sites for hydroxylation is 2. The highest BCUT2D eigenvalue weighted by Gasteiger charge is 2.29. The van der Waals surface area contributed by atoms with Crippen LogP contribution < -0.4 is 15.7 Å². The molecule has 3 rings (SSSR count). The third-order valence-electron chi connectivity index (χ3n) is 5.31. The number of amides is 1. The van der Waals surface area contributed by atoms with Gasteiger partial charge in [-0.15, -0.1) is 0 Å². The van der Waals surface area contributed by atoms with Crippen LogP contribution in [0.2, 0.25) is 0 Å². The van der Waals surface area contributed by atoms with E-state index in [0.717, 1.165) is 11.1 Å². The second-order valence-corrected chi connectivity index (χ2v) is 7.88. The smallest absolute Gasteiger partial charge is 0.408 e. The van der Waals surface area contributed by atoms with E-state index in [-0.39, 0.29) is 18.3 Å². The molecule has 0 radical (unpaired) electrons. The van der Waals surface area contributed by atoms with Crippen LogP contribution in [0.4, 0.5) is 4.79 Å². The fourth-order valence-corrected chi connectivity index (χ4v) is 3.39. The molecule has 2 atom stereocenters. The number of carbonyl (C=O) groups is 2. The lowest BCUT2D eigenvalue weighted by atomic mass is 9.99. The Morgan fingerprint density at radius 3 is 2.50 bits per heavy atom. The highest BCUT2D eigenvalue weighted by molar-refractivity contribution is 5.91. The number of carbonyl (C=O) groups excluding carboxylic acids is 2. The lowest BCUT2D eigenvalue weighted by molar-refractivity contribution is -0.137. The molecule has 0 spiro atoms. The molecule has 0 fully saturated rings. The first-order chi connectivity index (χ1) is 15.3. The number of benzene rings is 2. The number of hydrogen-bond donors (Lipinski definition) is 1. The van der Waals surface area contributed by atoms with Gasteiger partial charge in [0.05, 0.1) is 5.39 Å². The van der Waals surface area contributed by atoms with Crippen LogP contribution in [0.15, 0.2) is 57.7 Å². The summed E-state index contributed by atoms with van der Waals surface area (Å²) >= 11 is 0. The first-order valence-electron chi connectivity index (χ1n) is 10.5. The number of esters is 1. The van der Waals surface area contributed by atoms with Crippen LogP contribution in [0.3, 0.4) is 0 Å². The van der Waals surface area contributed by atoms with Crippen LogP contribution in [0, 0.1) is 19.8 Å². The molecule has 168 valence electrons. The SMILES string of the molecule is CC[C@H](C)[C@@H](NC(=O)OCc1ccccc1)C(=O)Oc1cc(C)cc2oc(=O)cc(C)c12. The minimum absolute atomic E-state index is 0.0929. The predicted molar refractivity (Wildman–Crippen MR) is 121 cm³/mol. The lowest BCUT2D eigenvalue weighted by Gasteiger charge is -2.23. The maximum absolute atomic E-state index is 13.1. The second kappa shape index (κ2) is 10.1. The molecule has 1 amide bonds. The van der Waals surface area contributed by atoms with Crippen LogP contribution >= 0.6 is 0 Å². The summed E-state index contributed by atoms with van der Waals surface area (Å²) in [5, 5.41) is 3.18. The second-order valence-electron chi connectivity index (χ2n) is 7.88. The molecule has 1 aromatic heterocycles. The predicted octanol–water partition coefficient (Wildman–Crippen LogP) is 4.66. The van der Waals surface area contributed by atoms with Crippen molar-refractivity contribution in [1.82, 2.24) is 5.32 Å². The lowest BCUT2D eigenvalue weighted by Crippen LogP contribution is -2.47. The van der Waals surface area contributed by atoms with Gasteiger partial charge >= 0.3 is 17.7 Å². The molecule has 7 nitrogen and oxygen atoms in total. The zero-order chi connectivity index (χ0) is 23.3. The standard InChI is InChI=1S/C25H27NO6/c1-5-16(3)23(26-25(29)30-14-18-9-7-6-8-10-18)24(28)32-20-12-15(2)11-19-22(20)17(4)13-21(27)31-19/h6-13,16,23H,5,14H2,1-4H3,(H,26,29)/t16-,23+/m0/s1. The molecule has 1 heterocycles. The minimum atomic E-state index is -0.908. The van der Waals surface area contributed by atoms with Crippen molar-refractivity contribution in [3.05, 3.63) is 75.6 Å². The molecule has 0 bridgehead atoms. The van der Waals surface area contributed by atoms with Crippen molar-refractivity contribution in [2.24, 2.45) is 5.92 Å². The summed E-state index contributed by atoms with van der Waals surface area (Å²) < 4.78 is 16.3. The van der Waals surface area contributed by atoms with Crippen LogP contribution in [-0.2, 0) is 16.1 Å². The number of nitrogens with one attached hydrogen (secondary N) is 1. The summed E-state index contributed by atoms with van der Waals surface area (Å²) in [5.41, 5.74) is 2.11. The van der Waals surface area contributed by atoms with Crippen molar-refractivity contribution in [3.8, 4) is 5.75 Å². The van der Waals surface area contributed by atoms with E-state index in [1.165, 1.54) is 6.07 Å². The Kier molecular flexibility index (Phi) is 7.30. The number of ether oxygens (including phenoxy) is 2. The zero-order valence-corrected chi connectivity index (χ0v) is 18.6. The minimum Gasteiger partial charge on any atom is -0.445 e. The quantitative estimate of drug-likeness (QED) is 0.328. The van der Waals surface area contributed by atoms with Crippen LogP contribution in [-0.4, -0.2) is 18.1 Å². The third kappa shape index (κ3) is 5.55. The van der Waals surface area contributed by atoms with Gasteiger partial charge < -0.3 is 19.2 Å². The van der Waals surface area contributed by atoms with E-state index in [2.05, 4.69) is 5.32 Å². The van der Waals surface area contributed by atoms with Gasteiger partial charge in [-0.3, -0.25) is 0 Å². The number of fused-ring (bicyclic) bond motifs is 1. The molecule has 7 heteroatoms. The number of alkyl carbamates (subject to hydrolysis) is 1. The van der Waals surface area contributed by atoms with Gasteiger partial charge in [-0.25, -0.2) is 14.4 Å². The summed E-state index contributed by atoms with van der Waals surface area (Å²) in [6.45, 7) is 7.42. The van der Waals surface area contributed by atoms with Crippen molar-refractivity contribution in [2.75, 3.05) is 0 Å². The average Bonchev–Trinajstić information content (AvgIpc) is 2.75. The summed E-state index contributed by atoms with van der Waals surface area (Å²) in [6, 6.07) is 13.1. The Balaban J connectivity index is 1.79. The monoisotopic (exact) mass is 437 g/mol. The normalized spacial score (nSPS) is 12.8. The van der Waals surface area contributed by atoms with Gasteiger partial charge in [0, 0.05) is 6.07 Å². The maximum Gasteiger partial charge on any atom is 0.408 e. The zero-order valence-electron chi connectivity index (χ0n) is 18.6. The summed E-state index contributed by atoms with van der Waals surface area (Å²) in [5.74, 6) is -0.533. The molecule has 1 N–H and O–H groups in total. The molecule has 3 aromatic rings. The van der Waals surface area contributed by atoms with E-state index in [9.17, 15) is 14.4 Å². The van der Waals surface area contributed by atoms with Crippen molar-refractivity contribution in [1.29, 1.82) is 0 Å². The Hall–Kier alpha value is -3.61. The number of hydrogen-bond acceptors (Lipinski definition) is 6. The summed E-state index contributed by atoms with van der Waals surface area (Å²) in [4.78, 5) is 37.2. The van der Waals surface area contributed by atoms with E-state index >= 15 is 0 Å². The number of rotatable bonds is 7. The molecular formula is C25H27NO6. The summed E-state index contributed by atoms with van der Waals surface area (Å²) in [7, 11) is 0. The van der Waals surface area contributed by atoms with E-state index in [0.29, 0.717) is 23.0 Å². The first kappa shape index (κ1) is 23.1. The van der Waals surface area contributed by atoms with Crippen molar-refractivity contribution in [2.45, 2.75) is 46.8 Å². The van der Waals surface area contributed by atoms with Crippen molar-refractivity contribution in [3.63, 3.8) is 0 Å². The summed E-state index contributed by atoms with van der Waals surface area (Å²) in [6.07, 6.45) is -0.0614. The fourth-order valence-electron chi connectivity index (χ4n) is 3.39. The van der Waals surface area contributed by atoms with Crippen LogP contribution in [0.5, 0.6) is 5.75 Å². The molecule has 0 aliphatic carbocycles. The van der Waals surface area contributed by atoms with E-state index in [1.54, 1.807) is 19.1 Å². The highest BCUT2D eigenvalue weighted by atomic mass is 16.6. The Bertz CT molecular complexity index is 1170. The van der Waals surface area contributed by atoms with Gasteiger partial charge in [-0.2, -0.15) is 0 Å². The Morgan fingerprint density at radius 2 is 1.81 bits per heavy atom. The van der Waals surface area contributed by atoms with Gasteiger partial charge in [0.2, 0.25) is 0 Å². The first-order valence-corrected chi connectivity index (χ1v) is 10.5. The molecule has 0 aliphatic heterocycles. The average molecular weight is 437 g/mol. The third-order valence-corrected chi connectivity index (χ3v) is 5.31. The molecule has 0 saturated carbocycles. The molecule has 2 aromatic carbocycles. The van der Waals surface area contributed by atoms with Gasteiger partial charge in [0.15, 0.2) is 0 Å². The molecule has 0 aliphatic rings. The van der Waals surface area contributed by atoms with Gasteiger partial charge in [-0.05, 0) is 48.6 Å². The molecule has 32 heavy (non-hydrogen) atoms. The van der Waals surface area contributed by atoms with Crippen LogP contribution in [0.1, 0.15) is 37.0 Å². The van der Waals surface area contributed by atoms with Crippen molar-refractivity contribution < 1.29 is 23.5 Å². The Labute approximate surface area is 186 Å². The fraction of sp³-hybridized carbons (Fsp3) is 0.320. The van der Waals surface area contributed by atoms with Crippen molar-refractivity contribution >= 4 is 23.0 Å².